The molecule has 2 rings (SSSR count). The predicted molar refractivity (Wildman–Crippen MR) is 90.5 cm³/mol. The highest BCUT2D eigenvalue weighted by molar-refractivity contribution is 14.0. The van der Waals surface area contributed by atoms with Gasteiger partial charge < -0.3 is 5.32 Å². The van der Waals surface area contributed by atoms with Crippen LogP contribution in [-0.2, 0) is 0 Å². The molecular formula is C11H18INS3. The third kappa shape index (κ3) is 3.60. The molecule has 1 unspecified atom stereocenters. The lowest BCUT2D eigenvalue weighted by Gasteiger charge is -2.26. The maximum Gasteiger partial charge on any atom is 0.0522 e. The SMILES string of the molecule is CNC1CCCC/C1=C1/C=C(SC)SS1.I. The van der Waals surface area contributed by atoms with Gasteiger partial charge in [0, 0.05) is 10.9 Å². The topological polar surface area (TPSA) is 12.0 Å². The van der Waals surface area contributed by atoms with E-state index in [1.807, 2.05) is 33.3 Å². The second-order valence-corrected chi connectivity index (χ2v) is 7.13. The number of thioether (sulfide) groups is 1. The van der Waals surface area contributed by atoms with Crippen LogP contribution in [0.1, 0.15) is 25.7 Å². The van der Waals surface area contributed by atoms with Crippen molar-refractivity contribution in [3.05, 3.63) is 20.8 Å². The standard InChI is InChI=1S/C11H17NS3.HI/c1-12-9-6-4-3-5-8(9)10-7-11(13-2)15-14-10;/h7,9,12H,3-6H2,1-2H3;1H/b10-8+;. The minimum absolute atomic E-state index is 0. The zero-order valence-electron chi connectivity index (χ0n) is 9.62. The van der Waals surface area contributed by atoms with Crippen LogP contribution in [0.5, 0.6) is 0 Å². The fourth-order valence-electron chi connectivity index (χ4n) is 2.11. The summed E-state index contributed by atoms with van der Waals surface area (Å²) in [5.41, 5.74) is 1.64. The Labute approximate surface area is 127 Å². The van der Waals surface area contributed by atoms with Gasteiger partial charge in [0.05, 0.1) is 4.24 Å². The first-order valence-corrected chi connectivity index (χ1v) is 8.73. The van der Waals surface area contributed by atoms with Gasteiger partial charge in [-0.25, -0.2) is 0 Å². The van der Waals surface area contributed by atoms with Crippen LogP contribution in [0.3, 0.4) is 0 Å². The van der Waals surface area contributed by atoms with Crippen molar-refractivity contribution in [2.45, 2.75) is 31.7 Å². The van der Waals surface area contributed by atoms with Crippen molar-refractivity contribution in [2.75, 3.05) is 13.3 Å². The fourth-order valence-corrected chi connectivity index (χ4v) is 5.66. The summed E-state index contributed by atoms with van der Waals surface area (Å²) in [6.45, 7) is 0. The van der Waals surface area contributed by atoms with Gasteiger partial charge in [0.2, 0.25) is 0 Å². The van der Waals surface area contributed by atoms with Gasteiger partial charge in [0.1, 0.15) is 0 Å². The van der Waals surface area contributed by atoms with Crippen LogP contribution in [0, 0.1) is 0 Å². The Morgan fingerprint density at radius 1 is 1.38 bits per heavy atom. The van der Waals surface area contributed by atoms with Gasteiger partial charge in [-0.3, -0.25) is 0 Å². The van der Waals surface area contributed by atoms with E-state index in [1.54, 1.807) is 5.57 Å². The molecule has 1 aliphatic heterocycles. The van der Waals surface area contributed by atoms with Crippen LogP contribution >= 0.6 is 57.3 Å². The second-order valence-electron chi connectivity index (χ2n) is 3.81. The Hall–Kier alpha value is 1.22. The molecule has 0 aromatic carbocycles. The maximum atomic E-state index is 3.45. The van der Waals surface area contributed by atoms with Gasteiger partial charge in [0.25, 0.3) is 0 Å². The molecule has 1 atom stereocenters. The van der Waals surface area contributed by atoms with E-state index in [-0.39, 0.29) is 24.0 Å². The third-order valence-electron chi connectivity index (χ3n) is 2.94. The van der Waals surface area contributed by atoms with E-state index in [1.165, 1.54) is 34.8 Å². The molecule has 1 N–H and O–H groups in total. The average molecular weight is 387 g/mol. The second kappa shape index (κ2) is 7.61. The molecule has 0 spiro atoms. The van der Waals surface area contributed by atoms with Crippen LogP contribution < -0.4 is 5.32 Å². The molecule has 1 fully saturated rings. The van der Waals surface area contributed by atoms with Gasteiger partial charge in [-0.05, 0) is 55.0 Å². The molecule has 1 heterocycles. The van der Waals surface area contributed by atoms with Gasteiger partial charge in [-0.15, -0.1) is 35.7 Å². The van der Waals surface area contributed by atoms with Gasteiger partial charge in [0.15, 0.2) is 0 Å². The van der Waals surface area contributed by atoms with E-state index < -0.39 is 0 Å². The van der Waals surface area contributed by atoms with Crippen LogP contribution in [0.4, 0.5) is 0 Å². The van der Waals surface area contributed by atoms with Crippen molar-refractivity contribution >= 4 is 57.3 Å². The molecule has 0 bridgehead atoms. The molecule has 1 saturated carbocycles. The Morgan fingerprint density at radius 2 is 2.19 bits per heavy atom. The Kier molecular flexibility index (Phi) is 7.27. The summed E-state index contributed by atoms with van der Waals surface area (Å²) >= 11 is 1.86. The lowest BCUT2D eigenvalue weighted by atomic mass is 9.89. The minimum Gasteiger partial charge on any atom is -0.313 e. The molecule has 0 aromatic heterocycles. The molecule has 0 aromatic rings. The molecule has 16 heavy (non-hydrogen) atoms. The van der Waals surface area contributed by atoms with Crippen molar-refractivity contribution in [2.24, 2.45) is 0 Å². The van der Waals surface area contributed by atoms with Crippen molar-refractivity contribution in [1.82, 2.24) is 5.32 Å². The highest BCUT2D eigenvalue weighted by Gasteiger charge is 2.23. The van der Waals surface area contributed by atoms with Crippen molar-refractivity contribution in [3.63, 3.8) is 0 Å². The Bertz CT molecular complexity index is 302. The van der Waals surface area contributed by atoms with E-state index >= 15 is 0 Å². The molecule has 1 aliphatic carbocycles. The Balaban J connectivity index is 0.00000128. The number of halogens is 1. The predicted octanol–water partition coefficient (Wildman–Crippen LogP) is 4.62. The molecule has 92 valence electrons. The molecule has 2 aliphatic rings. The first-order chi connectivity index (χ1) is 7.35. The van der Waals surface area contributed by atoms with Crippen molar-refractivity contribution < 1.29 is 0 Å². The molecule has 0 saturated heterocycles. The number of likely N-dealkylation sites (N-methyl/N-ethyl adjacent to an activating group) is 1. The summed E-state index contributed by atoms with van der Waals surface area (Å²) in [7, 11) is 5.94. The smallest absolute Gasteiger partial charge is 0.0522 e. The molecule has 0 amide bonds. The van der Waals surface area contributed by atoms with Crippen LogP contribution in [-0.4, -0.2) is 19.3 Å². The largest absolute Gasteiger partial charge is 0.313 e. The van der Waals surface area contributed by atoms with E-state index in [0.717, 1.165) is 0 Å². The Morgan fingerprint density at radius 3 is 2.81 bits per heavy atom. The van der Waals surface area contributed by atoms with Gasteiger partial charge in [-0.1, -0.05) is 17.2 Å². The number of hydrogen-bond donors (Lipinski definition) is 1. The van der Waals surface area contributed by atoms with Crippen LogP contribution in [0.15, 0.2) is 20.8 Å². The number of nitrogens with one attached hydrogen (secondary N) is 1. The summed E-state index contributed by atoms with van der Waals surface area (Å²) in [5, 5.41) is 3.45. The lowest BCUT2D eigenvalue weighted by molar-refractivity contribution is 0.481. The summed E-state index contributed by atoms with van der Waals surface area (Å²) in [6, 6.07) is 0.624. The normalized spacial score (nSPS) is 29.9. The van der Waals surface area contributed by atoms with Crippen LogP contribution in [0.25, 0.3) is 0 Å². The highest BCUT2D eigenvalue weighted by atomic mass is 127. The first-order valence-electron chi connectivity index (χ1n) is 5.35. The first kappa shape index (κ1) is 15.3. The monoisotopic (exact) mass is 387 g/mol. The van der Waals surface area contributed by atoms with Gasteiger partial charge >= 0.3 is 0 Å². The zero-order chi connectivity index (χ0) is 10.7. The van der Waals surface area contributed by atoms with E-state index in [4.69, 9.17) is 0 Å². The molecule has 0 radical (unpaired) electrons. The number of rotatable bonds is 2. The quantitative estimate of drug-likeness (QED) is 0.548. The highest BCUT2D eigenvalue weighted by Crippen LogP contribution is 2.51. The van der Waals surface area contributed by atoms with E-state index in [9.17, 15) is 0 Å². The average Bonchev–Trinajstić information content (AvgIpc) is 2.77. The van der Waals surface area contributed by atoms with Crippen molar-refractivity contribution in [3.8, 4) is 0 Å². The number of allylic oxidation sites excluding steroid dienone is 1. The summed E-state index contributed by atoms with van der Waals surface area (Å²) in [6.07, 6.45) is 9.86. The molecule has 1 nitrogen and oxygen atoms in total. The van der Waals surface area contributed by atoms with Gasteiger partial charge in [-0.2, -0.15) is 0 Å². The summed E-state index contributed by atoms with van der Waals surface area (Å²) in [4.78, 5) is 1.52. The maximum absolute atomic E-state index is 3.45. The van der Waals surface area contributed by atoms with Crippen molar-refractivity contribution in [1.29, 1.82) is 0 Å². The summed E-state index contributed by atoms with van der Waals surface area (Å²) in [5.74, 6) is 0. The molecule has 5 heteroatoms. The minimum atomic E-state index is 0. The number of hydrogen-bond acceptors (Lipinski definition) is 4. The van der Waals surface area contributed by atoms with Crippen LogP contribution in [0.2, 0.25) is 0 Å². The van der Waals surface area contributed by atoms with E-state index in [0.29, 0.717) is 6.04 Å². The fraction of sp³-hybridized carbons (Fsp3) is 0.636. The zero-order valence-corrected chi connectivity index (χ0v) is 14.4. The van der Waals surface area contributed by atoms with E-state index in [2.05, 4.69) is 24.7 Å². The lowest BCUT2D eigenvalue weighted by Crippen LogP contribution is -2.30. The summed E-state index contributed by atoms with van der Waals surface area (Å²) < 4.78 is 1.45. The molecular weight excluding hydrogens is 369 g/mol. The third-order valence-corrected chi connectivity index (χ3v) is 6.78.